The number of ether oxygens (including phenoxy) is 2. The minimum atomic E-state index is -0.295. The van der Waals surface area contributed by atoms with E-state index in [1.54, 1.807) is 62.6 Å². The number of rotatable bonds is 8. The first-order valence-electron chi connectivity index (χ1n) is 8.12. The Balaban J connectivity index is 1.88. The lowest BCUT2D eigenvalue weighted by molar-refractivity contribution is -0.136. The van der Waals surface area contributed by atoms with Crippen LogP contribution in [0.15, 0.2) is 48.5 Å². The van der Waals surface area contributed by atoms with Gasteiger partial charge in [0.15, 0.2) is 6.61 Å². The minimum Gasteiger partial charge on any atom is -0.497 e. The van der Waals surface area contributed by atoms with Crippen molar-refractivity contribution in [1.29, 1.82) is 0 Å². The average molecular weight is 377 g/mol. The highest BCUT2D eigenvalue weighted by Gasteiger charge is 2.16. The smallest absolute Gasteiger partial charge is 0.260 e. The summed E-state index contributed by atoms with van der Waals surface area (Å²) in [5.74, 6) is 0.563. The molecule has 6 nitrogen and oxygen atoms in total. The van der Waals surface area contributed by atoms with Crippen molar-refractivity contribution in [3.8, 4) is 11.5 Å². The fourth-order valence-corrected chi connectivity index (χ4v) is 2.42. The Morgan fingerprint density at radius 1 is 1.12 bits per heavy atom. The van der Waals surface area contributed by atoms with Crippen LogP contribution in [0.2, 0.25) is 5.02 Å². The molecule has 0 atom stereocenters. The zero-order valence-corrected chi connectivity index (χ0v) is 15.5. The number of halogens is 1. The van der Waals surface area contributed by atoms with Crippen LogP contribution in [0.1, 0.15) is 6.92 Å². The molecule has 26 heavy (non-hydrogen) atoms. The lowest BCUT2D eigenvalue weighted by Gasteiger charge is -2.20. The van der Waals surface area contributed by atoms with Gasteiger partial charge in [-0.3, -0.25) is 9.59 Å². The van der Waals surface area contributed by atoms with E-state index in [9.17, 15) is 9.59 Å². The summed E-state index contributed by atoms with van der Waals surface area (Å²) in [6.07, 6.45) is 0. The Kier molecular flexibility index (Phi) is 7.29. The van der Waals surface area contributed by atoms with Crippen LogP contribution in [0, 0.1) is 0 Å². The zero-order valence-electron chi connectivity index (χ0n) is 14.7. The Labute approximate surface area is 157 Å². The maximum absolute atomic E-state index is 12.3. The Hall–Kier alpha value is -2.73. The molecule has 2 rings (SSSR count). The van der Waals surface area contributed by atoms with E-state index in [1.165, 1.54) is 4.90 Å². The summed E-state index contributed by atoms with van der Waals surface area (Å²) in [4.78, 5) is 25.9. The second-order valence-corrected chi connectivity index (χ2v) is 5.87. The topological polar surface area (TPSA) is 67.9 Å². The molecule has 1 N–H and O–H groups in total. The summed E-state index contributed by atoms with van der Waals surface area (Å²) in [6.45, 7) is 1.96. The number of carbonyl (C=O) groups excluding carboxylic acids is 2. The molecule has 0 aliphatic heterocycles. The summed E-state index contributed by atoms with van der Waals surface area (Å²) in [5, 5.41) is 3.27. The minimum absolute atomic E-state index is 0.0640. The van der Waals surface area contributed by atoms with Gasteiger partial charge in [0.05, 0.1) is 13.7 Å². The van der Waals surface area contributed by atoms with Gasteiger partial charge >= 0.3 is 0 Å². The van der Waals surface area contributed by atoms with Crippen LogP contribution in [-0.4, -0.2) is 43.5 Å². The predicted molar refractivity (Wildman–Crippen MR) is 101 cm³/mol. The molecule has 0 aliphatic carbocycles. The largest absolute Gasteiger partial charge is 0.497 e. The highest BCUT2D eigenvalue weighted by Crippen LogP contribution is 2.18. The first-order chi connectivity index (χ1) is 12.5. The van der Waals surface area contributed by atoms with E-state index in [2.05, 4.69) is 5.32 Å². The van der Waals surface area contributed by atoms with E-state index in [1.807, 2.05) is 0 Å². The van der Waals surface area contributed by atoms with Crippen molar-refractivity contribution in [1.82, 2.24) is 4.90 Å². The molecule has 2 amide bonds. The number of hydrogen-bond acceptors (Lipinski definition) is 4. The van der Waals surface area contributed by atoms with E-state index in [-0.39, 0.29) is 25.0 Å². The normalized spacial score (nSPS) is 10.1. The maximum atomic E-state index is 12.3. The van der Waals surface area contributed by atoms with Crippen LogP contribution in [0.3, 0.4) is 0 Å². The van der Waals surface area contributed by atoms with E-state index in [0.29, 0.717) is 28.8 Å². The molecule has 2 aromatic carbocycles. The van der Waals surface area contributed by atoms with Gasteiger partial charge in [-0.05, 0) is 37.3 Å². The molecule has 7 heteroatoms. The first kappa shape index (κ1) is 19.6. The first-order valence-corrected chi connectivity index (χ1v) is 8.49. The van der Waals surface area contributed by atoms with Gasteiger partial charge < -0.3 is 19.7 Å². The predicted octanol–water partition coefficient (Wildman–Crippen LogP) is 3.21. The molecule has 0 aliphatic rings. The van der Waals surface area contributed by atoms with E-state index >= 15 is 0 Å². The fourth-order valence-electron chi connectivity index (χ4n) is 2.24. The maximum Gasteiger partial charge on any atom is 0.260 e. The Bertz CT molecular complexity index is 767. The third-order valence-electron chi connectivity index (χ3n) is 3.58. The number of carbonyl (C=O) groups is 2. The standard InChI is InChI=1S/C19H21ClN2O4/c1-3-22(19(24)13-26-17-9-4-6-14(20)10-17)12-18(23)21-15-7-5-8-16(11-15)25-2/h4-11H,3,12-13H2,1-2H3,(H,21,23). The second-order valence-electron chi connectivity index (χ2n) is 5.43. The van der Waals surface area contributed by atoms with Crippen LogP contribution in [0.5, 0.6) is 11.5 Å². The zero-order chi connectivity index (χ0) is 18.9. The van der Waals surface area contributed by atoms with Crippen LogP contribution < -0.4 is 14.8 Å². The number of amides is 2. The van der Waals surface area contributed by atoms with Gasteiger partial charge in [-0.2, -0.15) is 0 Å². The van der Waals surface area contributed by atoms with Gasteiger partial charge in [-0.1, -0.05) is 23.7 Å². The quantitative estimate of drug-likeness (QED) is 0.768. The molecule has 0 radical (unpaired) electrons. The molecule has 138 valence electrons. The molecule has 0 unspecified atom stereocenters. The highest BCUT2D eigenvalue weighted by molar-refractivity contribution is 6.30. The molecule has 0 bridgehead atoms. The number of hydrogen-bond donors (Lipinski definition) is 1. The summed E-state index contributed by atoms with van der Waals surface area (Å²) in [6, 6.07) is 13.8. The van der Waals surface area contributed by atoms with Gasteiger partial charge in [-0.15, -0.1) is 0 Å². The molecular formula is C19H21ClN2O4. The summed E-state index contributed by atoms with van der Waals surface area (Å²) in [5.41, 5.74) is 0.605. The molecule has 0 aromatic heterocycles. The summed E-state index contributed by atoms with van der Waals surface area (Å²) < 4.78 is 10.6. The average Bonchev–Trinajstić information content (AvgIpc) is 2.64. The molecule has 0 fully saturated rings. The fraction of sp³-hybridized carbons (Fsp3) is 0.263. The number of nitrogens with one attached hydrogen (secondary N) is 1. The van der Waals surface area contributed by atoms with Crippen molar-refractivity contribution in [3.05, 3.63) is 53.6 Å². The lowest BCUT2D eigenvalue weighted by Crippen LogP contribution is -2.40. The molecule has 0 saturated heterocycles. The number of likely N-dealkylation sites (N-methyl/N-ethyl adjacent to an activating group) is 1. The van der Waals surface area contributed by atoms with Crippen molar-refractivity contribution in [3.63, 3.8) is 0 Å². The van der Waals surface area contributed by atoms with E-state index in [0.717, 1.165) is 0 Å². The molecule has 0 saturated carbocycles. The van der Waals surface area contributed by atoms with E-state index in [4.69, 9.17) is 21.1 Å². The summed E-state index contributed by atoms with van der Waals surface area (Å²) >= 11 is 5.88. The molecule has 0 heterocycles. The van der Waals surface area contributed by atoms with Gasteiger partial charge in [0.1, 0.15) is 11.5 Å². The van der Waals surface area contributed by atoms with Gasteiger partial charge in [0, 0.05) is 23.3 Å². The number of nitrogens with zero attached hydrogens (tertiary/aromatic N) is 1. The van der Waals surface area contributed by atoms with Gasteiger partial charge in [0.25, 0.3) is 5.91 Å². The SMILES string of the molecule is CCN(CC(=O)Nc1cccc(OC)c1)C(=O)COc1cccc(Cl)c1. The van der Waals surface area contributed by atoms with Gasteiger partial charge in [-0.25, -0.2) is 0 Å². The van der Waals surface area contributed by atoms with Crippen LogP contribution in [0.4, 0.5) is 5.69 Å². The number of methoxy groups -OCH3 is 1. The van der Waals surface area contributed by atoms with Crippen LogP contribution >= 0.6 is 11.6 Å². The van der Waals surface area contributed by atoms with Crippen LogP contribution in [-0.2, 0) is 9.59 Å². The molecule has 2 aromatic rings. The van der Waals surface area contributed by atoms with E-state index < -0.39 is 0 Å². The van der Waals surface area contributed by atoms with Crippen molar-refractivity contribution in [2.24, 2.45) is 0 Å². The van der Waals surface area contributed by atoms with Gasteiger partial charge in [0.2, 0.25) is 5.91 Å². The summed E-state index contributed by atoms with van der Waals surface area (Å²) in [7, 11) is 1.55. The third kappa shape index (κ3) is 5.97. The Morgan fingerprint density at radius 2 is 1.85 bits per heavy atom. The number of benzene rings is 2. The van der Waals surface area contributed by atoms with Crippen LogP contribution in [0.25, 0.3) is 0 Å². The third-order valence-corrected chi connectivity index (χ3v) is 3.82. The van der Waals surface area contributed by atoms with Crippen molar-refractivity contribution in [2.45, 2.75) is 6.92 Å². The molecular weight excluding hydrogens is 356 g/mol. The van der Waals surface area contributed by atoms with Crippen molar-refractivity contribution < 1.29 is 19.1 Å². The highest BCUT2D eigenvalue weighted by atomic mass is 35.5. The monoisotopic (exact) mass is 376 g/mol. The molecule has 0 spiro atoms. The number of anilines is 1. The van der Waals surface area contributed by atoms with Crippen molar-refractivity contribution >= 4 is 29.1 Å². The van der Waals surface area contributed by atoms with Crippen molar-refractivity contribution in [2.75, 3.05) is 32.1 Å². The Morgan fingerprint density at radius 3 is 2.54 bits per heavy atom. The second kappa shape index (κ2) is 9.68. The lowest BCUT2D eigenvalue weighted by atomic mass is 10.3.